The summed E-state index contributed by atoms with van der Waals surface area (Å²) in [6.45, 7) is 10.5. The van der Waals surface area contributed by atoms with E-state index in [1.54, 1.807) is 0 Å². The topological polar surface area (TPSA) is 65.7 Å². The molecule has 3 rings (SSSR count). The number of aromatic carboxylic acids is 1. The molecule has 1 saturated heterocycles. The van der Waals surface area contributed by atoms with Crippen molar-refractivity contribution in [3.05, 3.63) is 35.5 Å². The Labute approximate surface area is 155 Å². The first-order valence-corrected chi connectivity index (χ1v) is 9.46. The van der Waals surface area contributed by atoms with Crippen molar-refractivity contribution in [3.8, 4) is 0 Å². The molecular formula is C21H30N2O3. The maximum atomic E-state index is 11.8. The first kappa shape index (κ1) is 18.9. The van der Waals surface area contributed by atoms with Crippen molar-refractivity contribution in [2.24, 2.45) is 5.92 Å². The summed E-state index contributed by atoms with van der Waals surface area (Å²) >= 11 is 0. The van der Waals surface area contributed by atoms with E-state index in [0.717, 1.165) is 42.5 Å². The first-order chi connectivity index (χ1) is 12.2. The number of piperidine rings is 1. The van der Waals surface area contributed by atoms with Crippen molar-refractivity contribution in [2.45, 2.75) is 52.2 Å². The molecule has 1 aromatic carbocycles. The van der Waals surface area contributed by atoms with Crippen molar-refractivity contribution in [1.82, 2.24) is 9.47 Å². The van der Waals surface area contributed by atoms with E-state index < -0.39 is 11.6 Å². The fourth-order valence-corrected chi connectivity index (χ4v) is 4.54. The second kappa shape index (κ2) is 7.05. The van der Waals surface area contributed by atoms with Gasteiger partial charge in [0.25, 0.3) is 0 Å². The van der Waals surface area contributed by atoms with Crippen LogP contribution in [0, 0.1) is 12.8 Å². The summed E-state index contributed by atoms with van der Waals surface area (Å²) in [6.07, 6.45) is 2.12. The standard InChI is InChI=1S/C21H30N2O3/c1-14(16-9-11-22(12-10-16)13-21(3,4)26)23-15(2)19(20(24)25)17-7-5-6-8-18(17)23/h5-8,14,16,26H,9-13H2,1-4H3,(H,24,25). The van der Waals surface area contributed by atoms with Gasteiger partial charge in [0.1, 0.15) is 0 Å². The molecule has 1 aliphatic rings. The zero-order chi connectivity index (χ0) is 19.1. The molecule has 1 atom stereocenters. The fraction of sp³-hybridized carbons (Fsp3) is 0.571. The van der Waals surface area contributed by atoms with Gasteiger partial charge in [-0.3, -0.25) is 0 Å². The number of carboxylic acid groups (broad SMARTS) is 1. The van der Waals surface area contributed by atoms with Crippen LogP contribution in [-0.2, 0) is 0 Å². The Morgan fingerprint density at radius 2 is 1.88 bits per heavy atom. The van der Waals surface area contributed by atoms with E-state index in [1.807, 2.05) is 45.0 Å². The lowest BCUT2D eigenvalue weighted by molar-refractivity contribution is 0.0214. The van der Waals surface area contributed by atoms with Crippen molar-refractivity contribution >= 4 is 16.9 Å². The Bertz CT molecular complexity index is 795. The number of likely N-dealkylation sites (tertiary alicyclic amines) is 1. The number of rotatable bonds is 5. The average molecular weight is 358 g/mol. The largest absolute Gasteiger partial charge is 0.478 e. The summed E-state index contributed by atoms with van der Waals surface area (Å²) in [5.41, 5.74) is 1.60. The Kier molecular flexibility index (Phi) is 5.13. The van der Waals surface area contributed by atoms with Crippen LogP contribution in [0.25, 0.3) is 10.9 Å². The SMILES string of the molecule is Cc1c(C(=O)O)c2ccccc2n1C(C)C1CCN(CC(C)(C)O)CC1. The van der Waals surface area contributed by atoms with Gasteiger partial charge in [-0.15, -0.1) is 0 Å². The zero-order valence-corrected chi connectivity index (χ0v) is 16.2. The van der Waals surface area contributed by atoms with Gasteiger partial charge >= 0.3 is 5.97 Å². The number of benzene rings is 1. The predicted octanol–water partition coefficient (Wildman–Crippen LogP) is 3.69. The van der Waals surface area contributed by atoms with E-state index in [-0.39, 0.29) is 6.04 Å². The number of fused-ring (bicyclic) bond motifs is 1. The Morgan fingerprint density at radius 3 is 2.46 bits per heavy atom. The van der Waals surface area contributed by atoms with Crippen molar-refractivity contribution in [2.75, 3.05) is 19.6 Å². The van der Waals surface area contributed by atoms with Crippen LogP contribution in [0.15, 0.2) is 24.3 Å². The van der Waals surface area contributed by atoms with Gasteiger partial charge < -0.3 is 19.7 Å². The molecule has 0 bridgehead atoms. The maximum Gasteiger partial charge on any atom is 0.338 e. The van der Waals surface area contributed by atoms with Gasteiger partial charge in [0.2, 0.25) is 0 Å². The molecule has 1 aliphatic heterocycles. The number of β-amino-alcohol motifs (C(OH)–C–C–N with tert-alkyl or cyclic N) is 1. The molecule has 1 unspecified atom stereocenters. The van der Waals surface area contributed by atoms with Gasteiger partial charge in [-0.05, 0) is 65.6 Å². The van der Waals surface area contributed by atoms with Gasteiger partial charge in [-0.1, -0.05) is 18.2 Å². The normalized spacial score (nSPS) is 18.3. The molecule has 0 aliphatic carbocycles. The smallest absolute Gasteiger partial charge is 0.338 e. The minimum atomic E-state index is -0.857. The molecule has 2 aromatic rings. The molecule has 1 fully saturated rings. The van der Waals surface area contributed by atoms with Crippen LogP contribution < -0.4 is 0 Å². The number of hydrogen-bond donors (Lipinski definition) is 2. The molecule has 26 heavy (non-hydrogen) atoms. The maximum absolute atomic E-state index is 11.8. The fourth-order valence-electron chi connectivity index (χ4n) is 4.54. The van der Waals surface area contributed by atoms with Gasteiger partial charge in [0, 0.05) is 29.2 Å². The van der Waals surface area contributed by atoms with Gasteiger partial charge in [0.15, 0.2) is 0 Å². The van der Waals surface area contributed by atoms with Crippen molar-refractivity contribution in [1.29, 1.82) is 0 Å². The highest BCUT2D eigenvalue weighted by Crippen LogP contribution is 2.35. The van der Waals surface area contributed by atoms with E-state index in [9.17, 15) is 15.0 Å². The van der Waals surface area contributed by atoms with Crippen LogP contribution in [0.2, 0.25) is 0 Å². The molecule has 0 amide bonds. The molecule has 2 N–H and O–H groups in total. The molecule has 1 aromatic heterocycles. The number of aliphatic hydroxyl groups is 1. The molecular weight excluding hydrogens is 328 g/mol. The Hall–Kier alpha value is -1.85. The molecule has 2 heterocycles. The lowest BCUT2D eigenvalue weighted by Crippen LogP contribution is -2.43. The predicted molar refractivity (Wildman–Crippen MR) is 104 cm³/mol. The van der Waals surface area contributed by atoms with E-state index in [0.29, 0.717) is 18.0 Å². The van der Waals surface area contributed by atoms with Gasteiger partial charge in [-0.2, -0.15) is 0 Å². The number of nitrogens with zero attached hydrogens (tertiary/aromatic N) is 2. The molecule has 0 spiro atoms. The van der Waals surface area contributed by atoms with Crippen LogP contribution in [0.4, 0.5) is 0 Å². The van der Waals surface area contributed by atoms with Crippen LogP contribution in [0.1, 0.15) is 55.7 Å². The van der Waals surface area contributed by atoms with Crippen molar-refractivity contribution < 1.29 is 15.0 Å². The number of para-hydroxylation sites is 1. The summed E-state index contributed by atoms with van der Waals surface area (Å²) in [7, 11) is 0. The lowest BCUT2D eigenvalue weighted by Gasteiger charge is -2.38. The van der Waals surface area contributed by atoms with Crippen LogP contribution in [0.3, 0.4) is 0 Å². The molecule has 5 nitrogen and oxygen atoms in total. The summed E-state index contributed by atoms with van der Waals surface area (Å²) in [5, 5.41) is 20.5. The summed E-state index contributed by atoms with van der Waals surface area (Å²) < 4.78 is 2.22. The lowest BCUT2D eigenvalue weighted by atomic mass is 9.89. The molecule has 5 heteroatoms. The number of aromatic nitrogens is 1. The summed E-state index contributed by atoms with van der Waals surface area (Å²) in [4.78, 5) is 14.1. The van der Waals surface area contributed by atoms with E-state index in [2.05, 4.69) is 16.4 Å². The summed E-state index contributed by atoms with van der Waals surface area (Å²) in [6, 6.07) is 8.05. The third-order valence-corrected chi connectivity index (χ3v) is 5.70. The van der Waals surface area contributed by atoms with E-state index in [1.165, 1.54) is 0 Å². The second-order valence-corrected chi connectivity index (χ2v) is 8.32. The first-order valence-electron chi connectivity index (χ1n) is 9.46. The number of carbonyl (C=O) groups is 1. The zero-order valence-electron chi connectivity index (χ0n) is 16.2. The average Bonchev–Trinajstić information content (AvgIpc) is 2.85. The molecule has 142 valence electrons. The second-order valence-electron chi connectivity index (χ2n) is 8.32. The van der Waals surface area contributed by atoms with Crippen LogP contribution in [0.5, 0.6) is 0 Å². The van der Waals surface area contributed by atoms with Crippen LogP contribution in [-0.4, -0.2) is 50.9 Å². The highest BCUT2D eigenvalue weighted by Gasteiger charge is 2.30. The van der Waals surface area contributed by atoms with E-state index >= 15 is 0 Å². The monoisotopic (exact) mass is 358 g/mol. The Morgan fingerprint density at radius 1 is 1.27 bits per heavy atom. The highest BCUT2D eigenvalue weighted by atomic mass is 16.4. The van der Waals surface area contributed by atoms with Gasteiger partial charge in [0.05, 0.1) is 11.2 Å². The summed E-state index contributed by atoms with van der Waals surface area (Å²) in [5.74, 6) is -0.353. The van der Waals surface area contributed by atoms with Crippen LogP contribution >= 0.6 is 0 Å². The molecule has 0 saturated carbocycles. The van der Waals surface area contributed by atoms with Gasteiger partial charge in [-0.25, -0.2) is 4.79 Å². The highest BCUT2D eigenvalue weighted by molar-refractivity contribution is 6.05. The minimum Gasteiger partial charge on any atom is -0.478 e. The number of hydrogen-bond acceptors (Lipinski definition) is 3. The Balaban J connectivity index is 1.84. The van der Waals surface area contributed by atoms with Crippen molar-refractivity contribution in [3.63, 3.8) is 0 Å². The third kappa shape index (κ3) is 3.64. The third-order valence-electron chi connectivity index (χ3n) is 5.70. The minimum absolute atomic E-state index is 0.247. The van der Waals surface area contributed by atoms with E-state index in [4.69, 9.17) is 0 Å². The quantitative estimate of drug-likeness (QED) is 0.855. The number of carboxylic acids is 1. The molecule has 0 radical (unpaired) electrons.